The van der Waals surface area contributed by atoms with E-state index in [0.717, 1.165) is 25.7 Å². The first-order chi connectivity index (χ1) is 5.68. The van der Waals surface area contributed by atoms with Crippen LogP contribution in [0.1, 0.15) is 25.7 Å². The van der Waals surface area contributed by atoms with Gasteiger partial charge in [-0.1, -0.05) is 12.8 Å². The zero-order valence-corrected chi connectivity index (χ0v) is 7.43. The summed E-state index contributed by atoms with van der Waals surface area (Å²) >= 11 is 5.00. The highest BCUT2D eigenvalue weighted by Crippen LogP contribution is 2.37. The lowest BCUT2D eigenvalue weighted by molar-refractivity contribution is 0.130. The molecule has 1 aliphatic rings. The number of hydrogen-bond donors (Lipinski definition) is 0. The van der Waals surface area contributed by atoms with Gasteiger partial charge in [0.25, 0.3) is 0 Å². The van der Waals surface area contributed by atoms with Gasteiger partial charge in [-0.05, 0) is 12.8 Å². The number of hydrogen-bond acceptors (Lipinski definition) is 3. The average Bonchev–Trinajstić information content (AvgIpc) is 2.50. The van der Waals surface area contributed by atoms with Gasteiger partial charge in [0.05, 0.1) is 11.5 Å². The molecule has 0 saturated heterocycles. The Kier molecular flexibility index (Phi) is 2.93. The summed E-state index contributed by atoms with van der Waals surface area (Å²) in [6.07, 6.45) is 3.70. The molecule has 1 fully saturated rings. The Hall–Kier alpha value is -0.750. The van der Waals surface area contributed by atoms with Crippen molar-refractivity contribution in [1.82, 2.24) is 0 Å². The van der Waals surface area contributed by atoms with Crippen molar-refractivity contribution < 1.29 is 9.53 Å². The first-order valence-corrected chi connectivity index (χ1v) is 4.30. The van der Waals surface area contributed by atoms with Crippen LogP contribution in [0.3, 0.4) is 0 Å². The summed E-state index contributed by atoms with van der Waals surface area (Å²) in [5.74, 6) is 0. The molecule has 0 heterocycles. The van der Waals surface area contributed by atoms with Gasteiger partial charge in [0.1, 0.15) is 6.61 Å². The lowest BCUT2D eigenvalue weighted by Gasteiger charge is -2.18. The van der Waals surface area contributed by atoms with E-state index in [1.54, 1.807) is 0 Å². The van der Waals surface area contributed by atoms with Crippen LogP contribution in [-0.2, 0) is 4.74 Å². The fourth-order valence-corrected chi connectivity index (χ4v) is 1.59. The number of ether oxygens (including phenoxy) is 1. The molecule has 0 aliphatic heterocycles. The maximum absolute atomic E-state index is 10.3. The summed E-state index contributed by atoms with van der Waals surface area (Å²) in [7, 11) is 0. The van der Waals surface area contributed by atoms with Gasteiger partial charge in [0.15, 0.2) is 0 Å². The smallest absolute Gasteiger partial charge is 0.403 e. The number of carbonyl (C=O) groups is 1. The summed E-state index contributed by atoms with van der Waals surface area (Å²) in [6, 6.07) is 2.20. The van der Waals surface area contributed by atoms with E-state index in [0.29, 0.717) is 0 Å². The Morgan fingerprint density at radius 2 is 2.17 bits per heavy atom. The van der Waals surface area contributed by atoms with Crippen LogP contribution in [0.5, 0.6) is 0 Å². The first kappa shape index (κ1) is 9.34. The van der Waals surface area contributed by atoms with Crippen LogP contribution in [-0.4, -0.2) is 12.0 Å². The van der Waals surface area contributed by atoms with Gasteiger partial charge >= 0.3 is 5.43 Å². The summed E-state index contributed by atoms with van der Waals surface area (Å²) in [5, 5.41) is 8.85. The molecule has 0 radical (unpaired) electrons. The minimum atomic E-state index is -0.823. The van der Waals surface area contributed by atoms with Gasteiger partial charge in [-0.3, -0.25) is 0 Å². The van der Waals surface area contributed by atoms with Crippen LogP contribution < -0.4 is 0 Å². The second-order valence-corrected chi connectivity index (χ2v) is 3.43. The molecule has 4 heteroatoms. The van der Waals surface area contributed by atoms with Crippen molar-refractivity contribution in [2.24, 2.45) is 5.41 Å². The van der Waals surface area contributed by atoms with Crippen LogP contribution >= 0.6 is 11.6 Å². The van der Waals surface area contributed by atoms with Crippen molar-refractivity contribution in [2.45, 2.75) is 25.7 Å². The molecule has 0 aromatic heterocycles. The van der Waals surface area contributed by atoms with Crippen molar-refractivity contribution in [2.75, 3.05) is 6.61 Å². The Bertz CT molecular complexity index is 216. The van der Waals surface area contributed by atoms with Gasteiger partial charge in [-0.2, -0.15) is 5.26 Å². The second kappa shape index (κ2) is 3.77. The Balaban J connectivity index is 2.46. The quantitative estimate of drug-likeness (QED) is 0.624. The highest BCUT2D eigenvalue weighted by atomic mass is 35.5. The van der Waals surface area contributed by atoms with E-state index in [2.05, 4.69) is 10.8 Å². The zero-order chi connectivity index (χ0) is 9.03. The molecule has 0 unspecified atom stereocenters. The molecule has 0 aromatic rings. The lowest BCUT2D eigenvalue weighted by Crippen LogP contribution is -2.21. The molecule has 0 atom stereocenters. The molecule has 1 aliphatic carbocycles. The molecule has 0 N–H and O–H groups in total. The zero-order valence-electron chi connectivity index (χ0n) is 6.68. The molecule has 0 aromatic carbocycles. The van der Waals surface area contributed by atoms with E-state index < -0.39 is 10.8 Å². The number of nitriles is 1. The van der Waals surface area contributed by atoms with Gasteiger partial charge < -0.3 is 4.74 Å². The number of halogens is 1. The Morgan fingerprint density at radius 3 is 2.58 bits per heavy atom. The molecule has 3 nitrogen and oxygen atoms in total. The molecule has 0 spiro atoms. The highest BCUT2D eigenvalue weighted by Gasteiger charge is 2.35. The van der Waals surface area contributed by atoms with Gasteiger partial charge in [0, 0.05) is 11.6 Å². The maximum atomic E-state index is 10.3. The molecular formula is C8H10ClNO2. The summed E-state index contributed by atoms with van der Waals surface area (Å²) in [4.78, 5) is 10.3. The van der Waals surface area contributed by atoms with Crippen LogP contribution in [0.15, 0.2) is 0 Å². The summed E-state index contributed by atoms with van der Waals surface area (Å²) < 4.78 is 4.62. The fraction of sp³-hybridized carbons (Fsp3) is 0.750. The van der Waals surface area contributed by atoms with Gasteiger partial charge in [-0.15, -0.1) is 0 Å². The molecule has 0 bridgehead atoms. The van der Waals surface area contributed by atoms with E-state index in [4.69, 9.17) is 16.9 Å². The van der Waals surface area contributed by atoms with Crippen LogP contribution in [0.2, 0.25) is 0 Å². The number of nitrogens with zero attached hydrogens (tertiary/aromatic N) is 1. The normalized spacial score (nSPS) is 20.0. The van der Waals surface area contributed by atoms with Crippen LogP contribution in [0, 0.1) is 16.7 Å². The molecular weight excluding hydrogens is 178 g/mol. The molecule has 12 heavy (non-hydrogen) atoms. The number of rotatable bonds is 2. The minimum Gasteiger partial charge on any atom is -0.452 e. The van der Waals surface area contributed by atoms with Crippen molar-refractivity contribution in [3.63, 3.8) is 0 Å². The van der Waals surface area contributed by atoms with Gasteiger partial charge in [-0.25, -0.2) is 4.79 Å². The summed E-state index contributed by atoms with van der Waals surface area (Å²) in [6.45, 7) is 0.145. The third-order valence-electron chi connectivity index (χ3n) is 2.26. The molecule has 0 amide bonds. The van der Waals surface area contributed by atoms with Crippen molar-refractivity contribution >= 4 is 17.0 Å². The van der Waals surface area contributed by atoms with Gasteiger partial charge in [0.2, 0.25) is 0 Å². The Labute approximate surface area is 76.3 Å². The lowest BCUT2D eigenvalue weighted by atomic mass is 9.89. The van der Waals surface area contributed by atoms with Crippen molar-refractivity contribution in [1.29, 1.82) is 5.26 Å². The SMILES string of the molecule is N#CC1(COC(=O)Cl)CCCC1. The number of carbonyl (C=O) groups excluding carboxylic acids is 1. The largest absolute Gasteiger partial charge is 0.452 e. The third kappa shape index (κ3) is 2.12. The predicted molar refractivity (Wildman–Crippen MR) is 43.7 cm³/mol. The Morgan fingerprint density at radius 1 is 1.58 bits per heavy atom. The third-order valence-corrected chi connectivity index (χ3v) is 2.37. The van der Waals surface area contributed by atoms with E-state index in [9.17, 15) is 4.79 Å². The van der Waals surface area contributed by atoms with Crippen molar-refractivity contribution in [3.8, 4) is 6.07 Å². The minimum absolute atomic E-state index is 0.145. The van der Waals surface area contributed by atoms with Crippen LogP contribution in [0.25, 0.3) is 0 Å². The fourth-order valence-electron chi connectivity index (χ4n) is 1.54. The second-order valence-electron chi connectivity index (χ2n) is 3.13. The molecule has 1 rings (SSSR count). The van der Waals surface area contributed by atoms with Crippen molar-refractivity contribution in [3.05, 3.63) is 0 Å². The maximum Gasteiger partial charge on any atom is 0.403 e. The van der Waals surface area contributed by atoms with Crippen LogP contribution in [0.4, 0.5) is 4.79 Å². The predicted octanol–water partition coefficient (Wildman–Crippen LogP) is 2.45. The van der Waals surface area contributed by atoms with E-state index in [1.807, 2.05) is 0 Å². The topological polar surface area (TPSA) is 50.1 Å². The van der Waals surface area contributed by atoms with E-state index in [-0.39, 0.29) is 6.61 Å². The standard InChI is InChI=1S/C8H10ClNO2/c9-7(11)12-6-8(5-10)3-1-2-4-8/h1-4,6H2. The molecule has 66 valence electrons. The van der Waals surface area contributed by atoms with E-state index >= 15 is 0 Å². The summed E-state index contributed by atoms with van der Waals surface area (Å²) in [5.41, 5.74) is -1.28. The average molecular weight is 188 g/mol. The highest BCUT2D eigenvalue weighted by molar-refractivity contribution is 6.61. The molecule has 1 saturated carbocycles. The monoisotopic (exact) mass is 187 g/mol. The van der Waals surface area contributed by atoms with E-state index in [1.165, 1.54) is 0 Å². The first-order valence-electron chi connectivity index (χ1n) is 3.92.